The zero-order chi connectivity index (χ0) is 9.60. The number of ether oxygens (including phenoxy) is 2. The fourth-order valence-electron chi connectivity index (χ4n) is 3.35. The zero-order valence-corrected chi connectivity index (χ0v) is 8.37. The maximum atomic E-state index is 5.82. The highest BCUT2D eigenvalue weighted by Gasteiger charge is 2.56. The third kappa shape index (κ3) is 1.08. The van der Waals surface area contributed by atoms with Gasteiger partial charge in [-0.2, -0.15) is 0 Å². The Morgan fingerprint density at radius 2 is 1.93 bits per heavy atom. The summed E-state index contributed by atoms with van der Waals surface area (Å²) in [4.78, 5) is 0. The van der Waals surface area contributed by atoms with Gasteiger partial charge in [0.25, 0.3) is 0 Å². The van der Waals surface area contributed by atoms with Crippen molar-refractivity contribution in [1.82, 2.24) is 5.43 Å². The lowest BCUT2D eigenvalue weighted by Crippen LogP contribution is -2.60. The maximum Gasteiger partial charge on any atom is 0.171 e. The Morgan fingerprint density at radius 3 is 2.50 bits per heavy atom. The van der Waals surface area contributed by atoms with Crippen molar-refractivity contribution < 1.29 is 9.47 Å². The molecule has 0 radical (unpaired) electrons. The Kier molecular flexibility index (Phi) is 2.06. The Labute approximate surface area is 84.1 Å². The second-order valence-electron chi connectivity index (χ2n) is 4.67. The van der Waals surface area contributed by atoms with Crippen LogP contribution in [-0.2, 0) is 9.47 Å². The molecular weight excluding hydrogens is 180 g/mol. The number of hydrogen-bond acceptors (Lipinski definition) is 4. The molecule has 1 heterocycles. The molecule has 14 heavy (non-hydrogen) atoms. The lowest BCUT2D eigenvalue weighted by Gasteiger charge is -2.53. The van der Waals surface area contributed by atoms with Gasteiger partial charge in [0.1, 0.15) is 0 Å². The highest BCUT2D eigenvalue weighted by molar-refractivity contribution is 5.02. The Morgan fingerprint density at radius 1 is 1.14 bits per heavy atom. The molecule has 80 valence electrons. The van der Waals surface area contributed by atoms with Crippen LogP contribution in [0.25, 0.3) is 0 Å². The average Bonchev–Trinajstić information content (AvgIpc) is 2.58. The summed E-state index contributed by atoms with van der Waals surface area (Å²) in [7, 11) is 0. The van der Waals surface area contributed by atoms with Crippen LogP contribution in [0.5, 0.6) is 0 Å². The van der Waals surface area contributed by atoms with Gasteiger partial charge in [-0.05, 0) is 25.2 Å². The number of hydrazine groups is 1. The summed E-state index contributed by atoms with van der Waals surface area (Å²) < 4.78 is 11.6. The summed E-state index contributed by atoms with van der Waals surface area (Å²) in [6, 6.07) is 0.479. The van der Waals surface area contributed by atoms with Gasteiger partial charge < -0.3 is 9.47 Å². The minimum absolute atomic E-state index is 0.226. The van der Waals surface area contributed by atoms with Crippen LogP contribution in [0.15, 0.2) is 0 Å². The summed E-state index contributed by atoms with van der Waals surface area (Å²) in [5.41, 5.74) is 2.93. The standard InChI is InChI=1S/C10H18N2O2/c11-12-9-3-4-10(13-5-6-14-10)8-2-1-7(8)9/h7-9,12H,1-6,11H2. The average molecular weight is 198 g/mol. The highest BCUT2D eigenvalue weighted by Crippen LogP contribution is 2.53. The number of hydrogen-bond donors (Lipinski definition) is 2. The van der Waals surface area contributed by atoms with Gasteiger partial charge in [0.05, 0.1) is 13.2 Å². The van der Waals surface area contributed by atoms with Gasteiger partial charge in [-0.3, -0.25) is 11.3 Å². The quantitative estimate of drug-likeness (QED) is 0.472. The summed E-state index contributed by atoms with van der Waals surface area (Å²) in [5.74, 6) is 6.58. The van der Waals surface area contributed by atoms with E-state index < -0.39 is 0 Å². The van der Waals surface area contributed by atoms with Crippen molar-refractivity contribution in [1.29, 1.82) is 0 Å². The van der Waals surface area contributed by atoms with Crippen LogP contribution in [0.4, 0.5) is 0 Å². The molecule has 4 nitrogen and oxygen atoms in total. The van der Waals surface area contributed by atoms with Crippen molar-refractivity contribution in [2.75, 3.05) is 13.2 Å². The molecule has 0 aromatic heterocycles. The van der Waals surface area contributed by atoms with Crippen molar-refractivity contribution in [3.05, 3.63) is 0 Å². The minimum Gasteiger partial charge on any atom is -0.347 e. The SMILES string of the molecule is NNC1CCC2(OCCO2)C2CCC12. The largest absolute Gasteiger partial charge is 0.347 e. The lowest BCUT2D eigenvalue weighted by atomic mass is 9.60. The van der Waals surface area contributed by atoms with Crippen LogP contribution in [0, 0.1) is 11.8 Å². The maximum absolute atomic E-state index is 5.82. The van der Waals surface area contributed by atoms with Crippen molar-refractivity contribution in [2.45, 2.75) is 37.5 Å². The summed E-state index contributed by atoms with van der Waals surface area (Å²) in [6.45, 7) is 1.54. The zero-order valence-electron chi connectivity index (χ0n) is 8.37. The highest BCUT2D eigenvalue weighted by atomic mass is 16.7. The molecular formula is C10H18N2O2. The molecule has 2 saturated carbocycles. The second-order valence-corrected chi connectivity index (χ2v) is 4.67. The number of nitrogens with two attached hydrogens (primary N) is 1. The van der Waals surface area contributed by atoms with Crippen LogP contribution in [0.1, 0.15) is 25.7 Å². The third-order valence-electron chi connectivity index (χ3n) is 4.20. The normalized spacial score (nSPS) is 44.8. The van der Waals surface area contributed by atoms with Gasteiger partial charge in [-0.15, -0.1) is 0 Å². The van der Waals surface area contributed by atoms with E-state index in [2.05, 4.69) is 5.43 Å². The van der Waals surface area contributed by atoms with Gasteiger partial charge >= 0.3 is 0 Å². The molecule has 1 spiro atoms. The van der Waals surface area contributed by atoms with Gasteiger partial charge in [0.15, 0.2) is 5.79 Å². The Balaban J connectivity index is 1.78. The van der Waals surface area contributed by atoms with Gasteiger partial charge in [0.2, 0.25) is 0 Å². The molecule has 0 amide bonds. The van der Waals surface area contributed by atoms with Crippen LogP contribution in [0.2, 0.25) is 0 Å². The second kappa shape index (κ2) is 3.17. The first-order valence-electron chi connectivity index (χ1n) is 5.60. The first kappa shape index (κ1) is 9.09. The van der Waals surface area contributed by atoms with Crippen LogP contribution in [0.3, 0.4) is 0 Å². The number of rotatable bonds is 1. The molecule has 3 atom stereocenters. The molecule has 3 rings (SSSR count). The number of nitrogens with one attached hydrogen (secondary N) is 1. The van der Waals surface area contributed by atoms with Crippen LogP contribution >= 0.6 is 0 Å². The van der Waals surface area contributed by atoms with E-state index in [1.165, 1.54) is 12.8 Å². The van der Waals surface area contributed by atoms with Crippen LogP contribution < -0.4 is 11.3 Å². The summed E-state index contributed by atoms with van der Waals surface area (Å²) in [6.07, 6.45) is 4.59. The molecule has 0 aromatic rings. The van der Waals surface area contributed by atoms with E-state index in [4.69, 9.17) is 15.3 Å². The predicted molar refractivity (Wildman–Crippen MR) is 51.2 cm³/mol. The predicted octanol–water partition coefficient (Wildman–Crippen LogP) is 0.381. The molecule has 4 heteroatoms. The molecule has 2 aliphatic carbocycles. The van der Waals surface area contributed by atoms with E-state index in [9.17, 15) is 0 Å². The Bertz CT molecular complexity index is 228. The van der Waals surface area contributed by atoms with Crippen LogP contribution in [-0.4, -0.2) is 25.0 Å². The smallest absolute Gasteiger partial charge is 0.171 e. The first-order valence-corrected chi connectivity index (χ1v) is 5.60. The lowest BCUT2D eigenvalue weighted by molar-refractivity contribution is -0.253. The van der Waals surface area contributed by atoms with Crippen molar-refractivity contribution in [3.63, 3.8) is 0 Å². The fraction of sp³-hybridized carbons (Fsp3) is 1.00. The van der Waals surface area contributed by atoms with E-state index in [0.717, 1.165) is 26.1 Å². The third-order valence-corrected chi connectivity index (χ3v) is 4.20. The molecule has 0 aromatic carbocycles. The van der Waals surface area contributed by atoms with E-state index in [-0.39, 0.29) is 5.79 Å². The molecule has 3 aliphatic rings. The molecule has 1 aliphatic heterocycles. The molecule has 1 saturated heterocycles. The van der Waals surface area contributed by atoms with Gasteiger partial charge in [0, 0.05) is 18.4 Å². The fourth-order valence-corrected chi connectivity index (χ4v) is 3.35. The Hall–Kier alpha value is -0.160. The molecule has 3 fully saturated rings. The van der Waals surface area contributed by atoms with E-state index in [1.54, 1.807) is 0 Å². The summed E-state index contributed by atoms with van der Waals surface area (Å²) in [5, 5.41) is 0. The topological polar surface area (TPSA) is 56.5 Å². The van der Waals surface area contributed by atoms with Gasteiger partial charge in [-0.1, -0.05) is 0 Å². The number of fused-ring (bicyclic) bond motifs is 2. The monoisotopic (exact) mass is 198 g/mol. The van der Waals surface area contributed by atoms with Crippen molar-refractivity contribution in [3.8, 4) is 0 Å². The summed E-state index contributed by atoms with van der Waals surface area (Å²) >= 11 is 0. The van der Waals surface area contributed by atoms with Crippen molar-refractivity contribution >= 4 is 0 Å². The van der Waals surface area contributed by atoms with E-state index in [0.29, 0.717) is 17.9 Å². The van der Waals surface area contributed by atoms with Gasteiger partial charge in [-0.25, -0.2) is 0 Å². The molecule has 0 bridgehead atoms. The first-order chi connectivity index (χ1) is 6.86. The minimum atomic E-state index is -0.226. The van der Waals surface area contributed by atoms with E-state index in [1.807, 2.05) is 0 Å². The van der Waals surface area contributed by atoms with Crippen molar-refractivity contribution in [2.24, 2.45) is 17.7 Å². The molecule has 3 unspecified atom stereocenters. The van der Waals surface area contributed by atoms with E-state index >= 15 is 0 Å². The molecule has 3 N–H and O–H groups in total.